The molecule has 88 valence electrons. The lowest BCUT2D eigenvalue weighted by Crippen LogP contribution is -2.07. The van der Waals surface area contributed by atoms with Crippen LogP contribution < -0.4 is 0 Å². The SMILES string of the molecule is Cc1ccc2cc(C3(C)SCCS3)ccc2c1. The van der Waals surface area contributed by atoms with Crippen LogP contribution in [0.2, 0.25) is 0 Å². The fourth-order valence-corrected chi connectivity index (χ4v) is 5.20. The van der Waals surface area contributed by atoms with E-state index in [9.17, 15) is 0 Å². The molecule has 0 unspecified atom stereocenters. The molecule has 0 amide bonds. The molecule has 1 heterocycles. The quantitative estimate of drug-likeness (QED) is 0.722. The zero-order valence-electron chi connectivity index (χ0n) is 10.2. The minimum absolute atomic E-state index is 0.263. The van der Waals surface area contributed by atoms with Gasteiger partial charge in [-0.25, -0.2) is 0 Å². The molecular weight excluding hydrogens is 244 g/mol. The fourth-order valence-electron chi connectivity index (χ4n) is 2.33. The summed E-state index contributed by atoms with van der Waals surface area (Å²) in [6.45, 7) is 4.50. The van der Waals surface area contributed by atoms with Crippen molar-refractivity contribution in [1.29, 1.82) is 0 Å². The van der Waals surface area contributed by atoms with Crippen LogP contribution in [-0.4, -0.2) is 11.5 Å². The molecule has 1 saturated heterocycles. The van der Waals surface area contributed by atoms with Crippen LogP contribution in [0.1, 0.15) is 18.1 Å². The zero-order chi connectivity index (χ0) is 11.9. The Bertz CT molecular complexity index is 554. The monoisotopic (exact) mass is 260 g/mol. The largest absolute Gasteiger partial charge is 0.139 e. The number of hydrogen-bond acceptors (Lipinski definition) is 2. The molecule has 2 aromatic rings. The maximum Gasteiger partial charge on any atom is 0.0832 e. The highest BCUT2D eigenvalue weighted by Gasteiger charge is 2.32. The van der Waals surface area contributed by atoms with Crippen LogP contribution in [0.3, 0.4) is 0 Å². The van der Waals surface area contributed by atoms with E-state index in [0.717, 1.165) is 0 Å². The summed E-state index contributed by atoms with van der Waals surface area (Å²) in [6.07, 6.45) is 0. The molecule has 2 heteroatoms. The highest BCUT2D eigenvalue weighted by Crippen LogP contribution is 2.51. The molecule has 0 bridgehead atoms. The van der Waals surface area contributed by atoms with Crippen LogP contribution in [0, 0.1) is 6.92 Å². The van der Waals surface area contributed by atoms with Crippen molar-refractivity contribution in [2.45, 2.75) is 17.9 Å². The highest BCUT2D eigenvalue weighted by molar-refractivity contribution is 8.20. The van der Waals surface area contributed by atoms with E-state index in [1.165, 1.54) is 33.4 Å². The Labute approximate surface area is 111 Å². The minimum Gasteiger partial charge on any atom is -0.139 e. The maximum atomic E-state index is 2.36. The summed E-state index contributed by atoms with van der Waals surface area (Å²) in [6, 6.07) is 13.6. The molecule has 1 aliphatic rings. The smallest absolute Gasteiger partial charge is 0.0832 e. The molecule has 1 aliphatic heterocycles. The molecule has 0 atom stereocenters. The van der Waals surface area contributed by atoms with Crippen molar-refractivity contribution >= 4 is 34.3 Å². The number of benzene rings is 2. The molecular formula is C15H16S2. The van der Waals surface area contributed by atoms with Crippen LogP contribution in [-0.2, 0) is 4.08 Å². The average molecular weight is 260 g/mol. The molecule has 1 fully saturated rings. The lowest BCUT2D eigenvalue weighted by Gasteiger charge is -2.22. The van der Waals surface area contributed by atoms with Gasteiger partial charge in [0.05, 0.1) is 4.08 Å². The van der Waals surface area contributed by atoms with Crippen LogP contribution >= 0.6 is 23.5 Å². The third-order valence-electron chi connectivity index (χ3n) is 3.36. The summed E-state index contributed by atoms with van der Waals surface area (Å²) in [5.74, 6) is 2.54. The molecule has 0 nitrogen and oxygen atoms in total. The minimum atomic E-state index is 0.263. The van der Waals surface area contributed by atoms with E-state index < -0.39 is 0 Å². The van der Waals surface area contributed by atoms with E-state index in [4.69, 9.17) is 0 Å². The van der Waals surface area contributed by atoms with Gasteiger partial charge in [-0.1, -0.05) is 35.9 Å². The first kappa shape index (κ1) is 11.5. The van der Waals surface area contributed by atoms with Gasteiger partial charge >= 0.3 is 0 Å². The Morgan fingerprint density at radius 1 is 0.941 bits per heavy atom. The standard InChI is InChI=1S/C15H16S2/c1-11-3-4-13-10-14(6-5-12(13)9-11)15(2)16-7-8-17-15/h3-6,9-10H,7-8H2,1-2H3. The van der Waals surface area contributed by atoms with Gasteiger partial charge < -0.3 is 0 Å². The Balaban J connectivity index is 2.10. The Hall–Kier alpha value is -0.600. The summed E-state index contributed by atoms with van der Waals surface area (Å²) in [5.41, 5.74) is 2.79. The summed E-state index contributed by atoms with van der Waals surface area (Å²) in [5, 5.41) is 2.72. The molecule has 17 heavy (non-hydrogen) atoms. The van der Waals surface area contributed by atoms with Crippen molar-refractivity contribution < 1.29 is 0 Å². The van der Waals surface area contributed by atoms with Crippen molar-refractivity contribution in [2.75, 3.05) is 11.5 Å². The van der Waals surface area contributed by atoms with E-state index in [1.807, 2.05) is 0 Å². The number of rotatable bonds is 1. The Morgan fingerprint density at radius 2 is 1.59 bits per heavy atom. The first-order chi connectivity index (χ1) is 8.17. The summed E-state index contributed by atoms with van der Waals surface area (Å²) in [7, 11) is 0. The molecule has 0 N–H and O–H groups in total. The summed E-state index contributed by atoms with van der Waals surface area (Å²) >= 11 is 4.14. The van der Waals surface area contributed by atoms with Crippen molar-refractivity contribution in [3.63, 3.8) is 0 Å². The number of thioether (sulfide) groups is 2. The van der Waals surface area contributed by atoms with Gasteiger partial charge in [0.15, 0.2) is 0 Å². The van der Waals surface area contributed by atoms with E-state index in [-0.39, 0.29) is 4.08 Å². The van der Waals surface area contributed by atoms with Crippen LogP contribution in [0.15, 0.2) is 36.4 Å². The predicted octanol–water partition coefficient (Wildman–Crippen LogP) is 4.80. The van der Waals surface area contributed by atoms with E-state index in [0.29, 0.717) is 0 Å². The van der Waals surface area contributed by atoms with Crippen molar-refractivity contribution in [3.8, 4) is 0 Å². The van der Waals surface area contributed by atoms with Gasteiger partial charge in [-0.15, -0.1) is 23.5 Å². The topological polar surface area (TPSA) is 0 Å². The fraction of sp³-hybridized carbons (Fsp3) is 0.333. The van der Waals surface area contributed by atoms with E-state index in [1.54, 1.807) is 0 Å². The highest BCUT2D eigenvalue weighted by atomic mass is 32.2. The molecule has 0 radical (unpaired) electrons. The lowest BCUT2D eigenvalue weighted by molar-refractivity contribution is 1.03. The summed E-state index contributed by atoms with van der Waals surface area (Å²) in [4.78, 5) is 0. The van der Waals surface area contributed by atoms with E-state index in [2.05, 4.69) is 73.8 Å². The first-order valence-corrected chi connectivity index (χ1v) is 7.93. The number of aryl methyl sites for hydroxylation is 1. The number of hydrogen-bond donors (Lipinski definition) is 0. The molecule has 0 saturated carbocycles. The van der Waals surface area contributed by atoms with E-state index >= 15 is 0 Å². The van der Waals surface area contributed by atoms with Crippen molar-refractivity contribution in [1.82, 2.24) is 0 Å². The molecule has 0 aromatic heterocycles. The third kappa shape index (κ3) is 2.09. The van der Waals surface area contributed by atoms with Gasteiger partial charge in [0.25, 0.3) is 0 Å². The van der Waals surface area contributed by atoms with Gasteiger partial charge in [0.2, 0.25) is 0 Å². The Kier molecular flexibility index (Phi) is 2.87. The number of fused-ring (bicyclic) bond motifs is 1. The molecule has 0 aliphatic carbocycles. The maximum absolute atomic E-state index is 2.36. The molecule has 0 spiro atoms. The van der Waals surface area contributed by atoms with Crippen molar-refractivity contribution in [3.05, 3.63) is 47.5 Å². The van der Waals surface area contributed by atoms with Crippen LogP contribution in [0.4, 0.5) is 0 Å². The van der Waals surface area contributed by atoms with Gasteiger partial charge in [0, 0.05) is 11.5 Å². The first-order valence-electron chi connectivity index (χ1n) is 5.96. The van der Waals surface area contributed by atoms with Crippen LogP contribution in [0.25, 0.3) is 10.8 Å². The van der Waals surface area contributed by atoms with Gasteiger partial charge in [0.1, 0.15) is 0 Å². The average Bonchev–Trinajstić information content (AvgIpc) is 2.77. The van der Waals surface area contributed by atoms with Crippen LogP contribution in [0.5, 0.6) is 0 Å². The predicted molar refractivity (Wildman–Crippen MR) is 81.0 cm³/mol. The summed E-state index contributed by atoms with van der Waals surface area (Å²) < 4.78 is 0.263. The lowest BCUT2D eigenvalue weighted by atomic mass is 10.0. The Morgan fingerprint density at radius 3 is 2.35 bits per heavy atom. The van der Waals surface area contributed by atoms with Gasteiger partial charge in [-0.2, -0.15) is 0 Å². The van der Waals surface area contributed by atoms with Gasteiger partial charge in [-0.3, -0.25) is 0 Å². The second-order valence-electron chi connectivity index (χ2n) is 4.71. The normalized spacial score (nSPS) is 18.7. The second-order valence-corrected chi connectivity index (χ2v) is 7.99. The third-order valence-corrected chi connectivity index (χ3v) is 6.71. The van der Waals surface area contributed by atoms with Gasteiger partial charge in [-0.05, 0) is 36.2 Å². The molecule has 3 rings (SSSR count). The van der Waals surface area contributed by atoms with Crippen molar-refractivity contribution in [2.24, 2.45) is 0 Å². The zero-order valence-corrected chi connectivity index (χ0v) is 11.8. The second kappa shape index (κ2) is 4.25. The molecule has 2 aromatic carbocycles.